The monoisotopic (exact) mass is 1120 g/mol. The van der Waals surface area contributed by atoms with Crippen LogP contribution in [0.3, 0.4) is 0 Å². The number of aryl methyl sites for hydroxylation is 1. The second kappa shape index (κ2) is 18.7. The number of Topliss-reactive ketones (excluding diaryl/α,β-unsaturated/α-hetero) is 1. The van der Waals surface area contributed by atoms with E-state index in [1.165, 1.54) is 5.56 Å². The van der Waals surface area contributed by atoms with Gasteiger partial charge in [0.2, 0.25) is 0 Å². The van der Waals surface area contributed by atoms with E-state index in [2.05, 4.69) is 72.4 Å². The number of carbonyl (C=O) groups excluding carboxylic acids is 3. The van der Waals surface area contributed by atoms with E-state index in [1.807, 2.05) is 12.3 Å². The molecule has 14 heteroatoms. The number of benzene rings is 1. The standard InChI is InChI=1S/C68H86N2O12/c1-62-24-22-53-65-36-79-61(77)64(25-21-40(31-64)33-71)60(65)82-63(2,45-11-7-4-8-12-45)56(65)55(74)57(75)66(53)49-28-39(27-38-9-5-3-6-10-38)13-14-41(49)15-18-46-19-16-44-35-78-52(54(44)67(46,62)81-59(76)58-68(62,66)80-58)30-48(51(73)34-72)42-17-20-47-43(29-42)23-26-70-37-69-32-50(47)70/h3,5-6,9-10,23,26,35,39-43,45-51,53,56-58,60,69,71-73,75H,4,7-8,11-14,16-17,19-22,24-25,27-34,36-37H2,1-2H3/t39-,40+,41+,42-,43-,46-,47+,48+,49-,50-,51-,53-,56-,57-,58-,60+,62+,63-,64+,65-,66+,67+,68-/m1/s1. The Kier molecular flexibility index (Phi) is 12.2. The minimum absolute atomic E-state index is 0.00769. The van der Waals surface area contributed by atoms with Gasteiger partial charge in [-0.25, -0.2) is 4.79 Å². The summed E-state index contributed by atoms with van der Waals surface area (Å²) >= 11 is 0. The van der Waals surface area contributed by atoms with E-state index in [1.54, 1.807) is 0 Å². The summed E-state index contributed by atoms with van der Waals surface area (Å²) in [6, 6.07) is 11.0. The highest BCUT2D eigenvalue weighted by Gasteiger charge is 2.96. The van der Waals surface area contributed by atoms with Gasteiger partial charge in [-0.05, 0) is 180 Å². The molecule has 14 aliphatic rings. The zero-order valence-electron chi connectivity index (χ0n) is 48.1. The Hall–Kier alpha value is -4.07. The number of ketones is 1. The number of aliphatic hydroxyl groups excluding tert-OH is 4. The number of fused-ring (bicyclic) bond motifs is 6. The number of nitrogens with zero attached hydrogens (tertiary/aromatic N) is 1. The van der Waals surface area contributed by atoms with Crippen molar-refractivity contribution in [1.82, 2.24) is 10.2 Å². The summed E-state index contributed by atoms with van der Waals surface area (Å²) in [5.74, 6) is 5.56. The highest BCUT2D eigenvalue weighted by Crippen LogP contribution is 2.86. The van der Waals surface area contributed by atoms with E-state index >= 15 is 14.4 Å². The van der Waals surface area contributed by atoms with Crippen molar-refractivity contribution >= 4 is 17.7 Å². The Bertz CT molecular complexity index is 3020. The van der Waals surface area contributed by atoms with Crippen LogP contribution in [0, 0.1) is 105 Å². The van der Waals surface area contributed by atoms with Crippen LogP contribution in [0.5, 0.6) is 0 Å². The van der Waals surface area contributed by atoms with Crippen molar-refractivity contribution in [1.29, 1.82) is 0 Å². The number of furan rings is 1. The first-order valence-corrected chi connectivity index (χ1v) is 32.4. The Balaban J connectivity index is 0.888. The van der Waals surface area contributed by atoms with E-state index in [0.29, 0.717) is 81.4 Å². The van der Waals surface area contributed by atoms with Gasteiger partial charge in [-0.15, -0.1) is 0 Å². The van der Waals surface area contributed by atoms with Crippen LogP contribution in [-0.2, 0) is 58.2 Å². The fourth-order valence-corrected chi connectivity index (χ4v) is 23.7. The molecule has 14 nitrogen and oxygen atoms in total. The van der Waals surface area contributed by atoms with Gasteiger partial charge in [0.15, 0.2) is 17.5 Å². The van der Waals surface area contributed by atoms with Crippen molar-refractivity contribution in [3.05, 3.63) is 71.3 Å². The molecule has 82 heavy (non-hydrogen) atoms. The minimum atomic E-state index is -1.58. The molecule has 6 aliphatic heterocycles. The van der Waals surface area contributed by atoms with Gasteiger partial charge in [0.25, 0.3) is 0 Å². The van der Waals surface area contributed by atoms with E-state index in [4.69, 9.17) is 23.4 Å². The summed E-state index contributed by atoms with van der Waals surface area (Å²) < 4.78 is 36.6. The number of esters is 2. The molecule has 11 fully saturated rings. The van der Waals surface area contributed by atoms with Crippen molar-refractivity contribution in [3.63, 3.8) is 0 Å². The first-order chi connectivity index (χ1) is 39.7. The molecule has 7 heterocycles. The predicted octanol–water partition coefficient (Wildman–Crippen LogP) is 7.35. The molecule has 0 amide bonds. The number of epoxide rings is 1. The zero-order chi connectivity index (χ0) is 55.9. The average molecular weight is 1120 g/mol. The number of hydrogen-bond donors (Lipinski definition) is 5. The quantitative estimate of drug-likeness (QED) is 0.0949. The third-order valence-corrected chi connectivity index (χ3v) is 26.9. The molecule has 1 aromatic carbocycles. The third-order valence-electron chi connectivity index (χ3n) is 26.9. The smallest absolute Gasteiger partial charge is 0.339 e. The molecule has 1 aromatic heterocycles. The van der Waals surface area contributed by atoms with Gasteiger partial charge in [-0.1, -0.05) is 74.4 Å². The van der Waals surface area contributed by atoms with E-state index in [9.17, 15) is 20.4 Å². The number of ether oxygens (including phenoxy) is 4. The maximum Gasteiger partial charge on any atom is 0.339 e. The van der Waals surface area contributed by atoms with Crippen LogP contribution in [0.1, 0.15) is 145 Å². The highest BCUT2D eigenvalue weighted by atomic mass is 16.7. The van der Waals surface area contributed by atoms with Crippen LogP contribution in [0.15, 0.2) is 53.3 Å². The molecule has 440 valence electrons. The van der Waals surface area contributed by atoms with E-state index in [-0.39, 0.29) is 60.5 Å². The molecule has 4 bridgehead atoms. The van der Waals surface area contributed by atoms with Crippen LogP contribution in [0.25, 0.3) is 0 Å². The van der Waals surface area contributed by atoms with Crippen LogP contribution in [-0.4, -0.2) is 118 Å². The van der Waals surface area contributed by atoms with E-state index in [0.717, 1.165) is 95.0 Å². The van der Waals surface area contributed by atoms with Crippen molar-refractivity contribution < 1.29 is 58.2 Å². The fraction of sp³-hybridized carbons (Fsp3) is 0.750. The van der Waals surface area contributed by atoms with Gasteiger partial charge in [0, 0.05) is 53.3 Å². The lowest BCUT2D eigenvalue weighted by atomic mass is 9.30. The Morgan fingerprint density at radius 3 is 2.55 bits per heavy atom. The summed E-state index contributed by atoms with van der Waals surface area (Å²) in [5, 5.41) is 52.0. The topological polar surface area (TPSA) is 201 Å². The summed E-state index contributed by atoms with van der Waals surface area (Å²) in [7, 11) is 0. The lowest BCUT2D eigenvalue weighted by Crippen LogP contribution is -2.82. The summed E-state index contributed by atoms with van der Waals surface area (Å²) in [5.41, 5.74) is -5.73. The molecule has 23 atom stereocenters. The lowest BCUT2D eigenvalue weighted by Gasteiger charge is -2.73. The van der Waals surface area contributed by atoms with Gasteiger partial charge in [0.1, 0.15) is 24.1 Å². The molecular formula is C68H86N2O12. The van der Waals surface area contributed by atoms with Gasteiger partial charge in [0.05, 0.1) is 54.6 Å². The number of carbonyl (C=O) groups is 3. The molecule has 0 radical (unpaired) electrons. The third kappa shape index (κ3) is 6.66. The van der Waals surface area contributed by atoms with Gasteiger partial charge in [-0.2, -0.15) is 0 Å². The van der Waals surface area contributed by atoms with Crippen LogP contribution in [0.4, 0.5) is 0 Å². The average Bonchev–Trinajstić information content (AvgIpc) is 1.39. The second-order valence-corrected chi connectivity index (χ2v) is 29.7. The Labute approximate surface area is 482 Å². The molecule has 6 saturated carbocycles. The highest BCUT2D eigenvalue weighted by molar-refractivity contribution is 5.93. The summed E-state index contributed by atoms with van der Waals surface area (Å²) in [6.45, 7) is 5.69. The molecule has 16 rings (SSSR count). The first kappa shape index (κ1) is 53.4. The van der Waals surface area contributed by atoms with Gasteiger partial charge in [-0.3, -0.25) is 14.9 Å². The molecular weight excluding hydrogens is 1040 g/mol. The van der Waals surface area contributed by atoms with Crippen LogP contribution >= 0.6 is 0 Å². The van der Waals surface area contributed by atoms with Gasteiger partial charge < -0.3 is 48.7 Å². The minimum Gasteiger partial charge on any atom is -0.469 e. The molecule has 2 aromatic rings. The molecule has 8 aliphatic carbocycles. The largest absolute Gasteiger partial charge is 0.469 e. The summed E-state index contributed by atoms with van der Waals surface area (Å²) in [4.78, 5) is 50.6. The lowest BCUT2D eigenvalue weighted by molar-refractivity contribution is -0.307. The maximum atomic E-state index is 17.1. The molecule has 0 unspecified atom stereocenters. The van der Waals surface area contributed by atoms with Crippen molar-refractivity contribution in [2.24, 2.45) is 92.7 Å². The Morgan fingerprint density at radius 1 is 0.902 bits per heavy atom. The number of cyclic esters (lactones) is 1. The van der Waals surface area contributed by atoms with Crippen molar-refractivity contribution in [3.8, 4) is 11.8 Å². The number of rotatable bonds is 9. The van der Waals surface area contributed by atoms with Gasteiger partial charge >= 0.3 is 11.9 Å². The summed E-state index contributed by atoms with van der Waals surface area (Å²) in [6.07, 6.45) is 16.8. The van der Waals surface area contributed by atoms with Crippen molar-refractivity contribution in [2.75, 3.05) is 33.0 Å². The fourth-order valence-electron chi connectivity index (χ4n) is 23.7. The maximum absolute atomic E-state index is 17.1. The first-order valence-electron chi connectivity index (χ1n) is 32.4. The zero-order valence-corrected chi connectivity index (χ0v) is 48.1. The molecule has 5 N–H and O–H groups in total. The molecule has 5 spiro atoms. The number of nitrogens with one attached hydrogen (secondary N) is 1. The number of aliphatic hydroxyl groups is 4. The predicted molar refractivity (Wildman–Crippen MR) is 298 cm³/mol. The number of allylic oxidation sites excluding steroid dienone is 1. The van der Waals surface area contributed by atoms with Crippen LogP contribution < -0.4 is 5.32 Å². The molecule has 5 saturated heterocycles. The van der Waals surface area contributed by atoms with Crippen molar-refractivity contribution in [2.45, 2.75) is 190 Å². The SMILES string of the molecule is C[C@]12CC[C@@H]3[C@@]45COC(=O)[C@]6(CC[C@H](CO)C6)[C@@H]4O[C@](C)(C4CCCCC4)[C@H]5C(=O)[C@@H](O)[C@]34[C@@H]3C[C@@H](Cc5ccccc5)CC[C@H]3C#C[C@@H]3CCc5coc(C[C@@H]([C@@H]6CC[C@H]7[C@H](C=CN8CNC[C@H]78)C6)[C@H](O)CO)c5[C@@]31OC(=O)[C@H]1O[C@@]142. The normalized spacial score (nSPS) is 49.0. The Morgan fingerprint density at radius 2 is 1.74 bits per heavy atom. The van der Waals surface area contributed by atoms with E-state index < -0.39 is 99.1 Å². The second-order valence-electron chi connectivity index (χ2n) is 29.7. The van der Waals surface area contributed by atoms with Crippen LogP contribution in [0.2, 0.25) is 0 Å². The number of hydrogen-bond acceptors (Lipinski definition) is 14.